The fourth-order valence-electron chi connectivity index (χ4n) is 3.31. The van der Waals surface area contributed by atoms with E-state index in [1.165, 1.54) is 18.5 Å². The molecule has 40 heavy (non-hydrogen) atoms. The van der Waals surface area contributed by atoms with Gasteiger partial charge in [-0.25, -0.2) is 19.1 Å². The maximum absolute atomic E-state index is 12.9. The molecule has 0 fully saturated rings. The minimum absolute atomic E-state index is 0.00373. The van der Waals surface area contributed by atoms with Crippen LogP contribution in [0.4, 0.5) is 26.3 Å². The second-order valence-electron chi connectivity index (χ2n) is 8.11. The van der Waals surface area contributed by atoms with E-state index in [1.807, 2.05) is 0 Å². The quantitative estimate of drug-likeness (QED) is 0.251. The summed E-state index contributed by atoms with van der Waals surface area (Å²) in [5, 5.41) is 3.89. The molecule has 1 heterocycles. The van der Waals surface area contributed by atoms with Crippen LogP contribution in [0.25, 0.3) is 0 Å². The zero-order chi connectivity index (χ0) is 30.4. The molecule has 3 rings (SSSR count). The monoisotopic (exact) mass is 639 g/mol. The molecule has 0 saturated carbocycles. The second-order valence-corrected chi connectivity index (χ2v) is 8.82. The lowest BCUT2D eigenvalue weighted by molar-refractivity contribution is -0.138. The Labute approximate surface area is 232 Å². The second kappa shape index (κ2) is 13.2. The molecule has 0 amide bonds. The lowest BCUT2D eigenvalue weighted by Gasteiger charge is -2.12. The lowest BCUT2D eigenvalue weighted by Crippen LogP contribution is -2.25. The smallest absolute Gasteiger partial charge is 0.416 e. The minimum Gasteiger partial charge on any atom is -0.462 e. The number of nitrogens with zero attached hydrogens (tertiary/aromatic N) is 3. The van der Waals surface area contributed by atoms with Gasteiger partial charge in [-0.05, 0) is 84.2 Å². The fourth-order valence-corrected chi connectivity index (χ4v) is 3.66. The van der Waals surface area contributed by atoms with Crippen LogP contribution in [0.3, 0.4) is 0 Å². The van der Waals surface area contributed by atoms with Crippen LogP contribution in [0.15, 0.2) is 45.9 Å². The summed E-state index contributed by atoms with van der Waals surface area (Å²) in [6.45, 7) is 4.64. The van der Waals surface area contributed by atoms with Crippen molar-refractivity contribution in [3.05, 3.63) is 85.0 Å². The van der Waals surface area contributed by atoms with Gasteiger partial charge in [-0.15, -0.1) is 5.10 Å². The minimum atomic E-state index is -4.57. The summed E-state index contributed by atoms with van der Waals surface area (Å²) in [4.78, 5) is 35.2. The maximum Gasteiger partial charge on any atom is 0.416 e. The van der Waals surface area contributed by atoms with E-state index in [2.05, 4.69) is 21.0 Å². The molecule has 0 atom stereocenters. The van der Waals surface area contributed by atoms with Gasteiger partial charge in [-0.3, -0.25) is 4.57 Å². The normalized spacial score (nSPS) is 11.5. The molecule has 0 aliphatic rings. The Kier molecular flexibility index (Phi) is 10.7. The Morgan fingerprint density at radius 3 is 1.77 bits per heavy atom. The first-order chi connectivity index (χ1) is 18.5. The molecule has 8 nitrogen and oxygen atoms in total. The Hall–Kier alpha value is -3.62. The Bertz CT molecular complexity index is 1430. The van der Waals surface area contributed by atoms with Crippen LogP contribution in [0.1, 0.15) is 56.8 Å². The van der Waals surface area contributed by atoms with Gasteiger partial charge in [0.2, 0.25) is 4.73 Å². The predicted octanol–water partition coefficient (Wildman–Crippen LogP) is 5.78. The van der Waals surface area contributed by atoms with Gasteiger partial charge in [-0.1, -0.05) is 0 Å². The van der Waals surface area contributed by atoms with E-state index in [0.29, 0.717) is 0 Å². The van der Waals surface area contributed by atoms with Crippen LogP contribution in [-0.4, -0.2) is 39.5 Å². The van der Waals surface area contributed by atoms with Crippen molar-refractivity contribution in [2.45, 2.75) is 39.7 Å². The third-order valence-electron chi connectivity index (χ3n) is 5.28. The number of hydrogen-bond acceptors (Lipinski definition) is 6. The molecule has 218 valence electrons. The maximum atomic E-state index is 12.9. The number of alkyl halides is 6. The summed E-state index contributed by atoms with van der Waals surface area (Å²) >= 11 is 3.06. The number of esters is 2. The van der Waals surface area contributed by atoms with Crippen molar-refractivity contribution in [1.29, 1.82) is 0 Å². The number of benzene rings is 2. The van der Waals surface area contributed by atoms with Crippen molar-refractivity contribution in [1.82, 2.24) is 14.3 Å². The zero-order valence-electron chi connectivity index (χ0n) is 21.6. The highest BCUT2D eigenvalue weighted by atomic mass is 79.9. The van der Waals surface area contributed by atoms with Gasteiger partial charge in [0.25, 0.3) is 0 Å². The van der Waals surface area contributed by atoms with Crippen molar-refractivity contribution in [3.8, 4) is 0 Å². The first-order valence-electron chi connectivity index (χ1n) is 11.5. The number of halogens is 7. The summed E-state index contributed by atoms with van der Waals surface area (Å²) < 4.78 is 87.7. The number of carbonyl (C=O) groups is 2. The van der Waals surface area contributed by atoms with E-state index in [-0.39, 0.29) is 46.7 Å². The first-order valence-corrected chi connectivity index (χ1v) is 12.3. The molecule has 0 aliphatic heterocycles. The number of rotatable bonds is 6. The van der Waals surface area contributed by atoms with Crippen molar-refractivity contribution >= 4 is 27.9 Å². The zero-order valence-corrected chi connectivity index (χ0v) is 23.2. The SMILES string of the molecule is CCOC(=O)c1ccc(C(F)(F)F)cc1C.CCOC(=O)c1ccc(C(F)(F)F)cc1Cn1nc(Br)n(C)c1=O. The van der Waals surface area contributed by atoms with Crippen LogP contribution in [0, 0.1) is 6.92 Å². The molecule has 2 aromatic carbocycles. The summed E-state index contributed by atoms with van der Waals surface area (Å²) in [5.41, 5.74) is -1.85. The predicted molar refractivity (Wildman–Crippen MR) is 134 cm³/mol. The van der Waals surface area contributed by atoms with Gasteiger partial charge in [0.1, 0.15) is 0 Å². The van der Waals surface area contributed by atoms with Crippen LogP contribution in [0.2, 0.25) is 0 Å². The van der Waals surface area contributed by atoms with Gasteiger partial charge >= 0.3 is 30.0 Å². The van der Waals surface area contributed by atoms with Gasteiger partial charge in [0.15, 0.2) is 0 Å². The third kappa shape index (κ3) is 8.19. The van der Waals surface area contributed by atoms with E-state index < -0.39 is 41.1 Å². The number of ether oxygens (including phenoxy) is 2. The molecule has 0 spiro atoms. The Morgan fingerprint density at radius 1 is 0.875 bits per heavy atom. The fraction of sp³-hybridized carbons (Fsp3) is 0.360. The van der Waals surface area contributed by atoms with E-state index >= 15 is 0 Å². The standard InChI is InChI=1S/C14H13BrF3N3O3.C11H11F3O2/c1-3-24-11(22)10-5-4-9(14(16,17)18)6-8(10)7-21-13(23)20(2)12(15)19-21;1-3-16-10(15)9-5-4-8(6-7(9)2)11(12,13)14/h4-6H,3,7H2,1-2H3;4-6H,3H2,1-2H3. The topological polar surface area (TPSA) is 92.4 Å². The molecule has 0 unspecified atom stereocenters. The first kappa shape index (κ1) is 32.6. The molecule has 0 bridgehead atoms. The van der Waals surface area contributed by atoms with Crippen LogP contribution < -0.4 is 5.69 Å². The van der Waals surface area contributed by atoms with Crippen LogP contribution in [0.5, 0.6) is 0 Å². The third-order valence-corrected chi connectivity index (χ3v) is 5.98. The molecule has 0 saturated heterocycles. The average molecular weight is 640 g/mol. The average Bonchev–Trinajstić information content (AvgIpc) is 3.09. The Morgan fingerprint density at radius 2 is 1.35 bits per heavy atom. The lowest BCUT2D eigenvalue weighted by atomic mass is 10.0. The molecule has 0 N–H and O–H groups in total. The molecule has 1 aromatic heterocycles. The summed E-state index contributed by atoms with van der Waals surface area (Å²) in [6, 6.07) is 5.61. The number of hydrogen-bond donors (Lipinski definition) is 0. The van der Waals surface area contributed by atoms with E-state index in [4.69, 9.17) is 9.47 Å². The largest absolute Gasteiger partial charge is 0.462 e. The van der Waals surface area contributed by atoms with E-state index in [9.17, 15) is 40.7 Å². The highest BCUT2D eigenvalue weighted by Gasteiger charge is 2.32. The van der Waals surface area contributed by atoms with Gasteiger partial charge in [0, 0.05) is 7.05 Å². The molecule has 15 heteroatoms. The van der Waals surface area contributed by atoms with Crippen molar-refractivity contribution in [2.24, 2.45) is 7.05 Å². The summed E-state index contributed by atoms with van der Waals surface area (Å²) in [6.07, 6.45) is -8.96. The van der Waals surface area contributed by atoms with Gasteiger partial charge < -0.3 is 9.47 Å². The van der Waals surface area contributed by atoms with Crippen molar-refractivity contribution in [2.75, 3.05) is 13.2 Å². The highest BCUT2D eigenvalue weighted by Crippen LogP contribution is 2.32. The van der Waals surface area contributed by atoms with E-state index in [0.717, 1.165) is 41.1 Å². The van der Waals surface area contributed by atoms with Crippen molar-refractivity contribution < 1.29 is 45.4 Å². The molecule has 3 aromatic rings. The molecule has 0 aliphatic carbocycles. The van der Waals surface area contributed by atoms with Gasteiger partial charge in [-0.2, -0.15) is 26.3 Å². The number of carbonyl (C=O) groups excluding carboxylic acids is 2. The molecular formula is C25H24BrF6N3O5. The van der Waals surface area contributed by atoms with Crippen molar-refractivity contribution in [3.63, 3.8) is 0 Å². The van der Waals surface area contributed by atoms with Gasteiger partial charge in [0.05, 0.1) is 42.0 Å². The summed E-state index contributed by atoms with van der Waals surface area (Å²) in [7, 11) is 1.45. The number of aromatic nitrogens is 3. The summed E-state index contributed by atoms with van der Waals surface area (Å²) in [5.74, 6) is -1.36. The number of aryl methyl sites for hydroxylation is 1. The highest BCUT2D eigenvalue weighted by molar-refractivity contribution is 9.10. The molecule has 0 radical (unpaired) electrons. The van der Waals surface area contributed by atoms with Crippen LogP contribution in [-0.2, 0) is 35.4 Å². The van der Waals surface area contributed by atoms with E-state index in [1.54, 1.807) is 13.8 Å². The molecular weight excluding hydrogens is 616 g/mol. The van der Waals surface area contributed by atoms with Crippen LogP contribution >= 0.6 is 15.9 Å². The Balaban J connectivity index is 0.000000305.